The number of carbonyl (C=O) groups is 1. The van der Waals surface area contributed by atoms with Crippen LogP contribution in [0, 0.1) is 0 Å². The Morgan fingerprint density at radius 2 is 2.19 bits per heavy atom. The van der Waals surface area contributed by atoms with Crippen LogP contribution in [0.3, 0.4) is 0 Å². The largest absolute Gasteiger partial charge is 0.466 e. The first-order valence-corrected chi connectivity index (χ1v) is 4.90. The summed E-state index contributed by atoms with van der Waals surface area (Å²) in [6, 6.07) is 9.81. The second-order valence-corrected chi connectivity index (χ2v) is 3.32. The number of benzene rings is 1. The highest BCUT2D eigenvalue weighted by Crippen LogP contribution is 2.13. The molecule has 0 spiro atoms. The number of ether oxygens (including phenoxy) is 1. The molecule has 0 N–H and O–H groups in total. The molecule has 80 valence electrons. The fourth-order valence-electron chi connectivity index (χ4n) is 1.41. The monoisotopic (exact) mass is 213 g/mol. The lowest BCUT2D eigenvalue weighted by atomic mass is 10.1. The third kappa shape index (κ3) is 2.25. The number of nitrogens with zero attached hydrogens (tertiary/aromatic N) is 1. The van der Waals surface area contributed by atoms with Gasteiger partial charge in [0.2, 0.25) is 0 Å². The maximum atomic E-state index is 10.9. The van der Waals surface area contributed by atoms with Crippen LogP contribution in [0.4, 0.5) is 0 Å². The van der Waals surface area contributed by atoms with Crippen LogP contribution in [0.25, 0.3) is 17.0 Å². The summed E-state index contributed by atoms with van der Waals surface area (Å²) in [5.74, 6) is -0.367. The van der Waals surface area contributed by atoms with Gasteiger partial charge < -0.3 is 4.74 Å². The molecule has 1 aromatic heterocycles. The van der Waals surface area contributed by atoms with Gasteiger partial charge in [0.05, 0.1) is 12.6 Å². The number of fused-ring (bicyclic) bond motifs is 1. The summed E-state index contributed by atoms with van der Waals surface area (Å²) in [6.45, 7) is 0. The van der Waals surface area contributed by atoms with E-state index >= 15 is 0 Å². The molecule has 0 unspecified atom stereocenters. The smallest absolute Gasteiger partial charge is 0.330 e. The molecule has 0 aliphatic heterocycles. The maximum absolute atomic E-state index is 10.9. The minimum absolute atomic E-state index is 0.367. The number of aromatic nitrogens is 1. The Hall–Kier alpha value is -2.16. The number of carbonyl (C=O) groups excluding carboxylic acids is 1. The van der Waals surface area contributed by atoms with E-state index in [-0.39, 0.29) is 5.97 Å². The van der Waals surface area contributed by atoms with E-state index in [0.717, 1.165) is 16.5 Å². The highest BCUT2D eigenvalue weighted by molar-refractivity contribution is 5.88. The van der Waals surface area contributed by atoms with Crippen molar-refractivity contribution in [3.63, 3.8) is 0 Å². The SMILES string of the molecule is COC(=O)/C=C/c1cnc2ccccc2c1. The topological polar surface area (TPSA) is 39.2 Å². The molecule has 0 atom stereocenters. The van der Waals surface area contributed by atoms with E-state index in [2.05, 4.69) is 9.72 Å². The summed E-state index contributed by atoms with van der Waals surface area (Å²) >= 11 is 0. The van der Waals surface area contributed by atoms with Gasteiger partial charge in [-0.25, -0.2) is 4.79 Å². The van der Waals surface area contributed by atoms with Crippen LogP contribution in [0.15, 0.2) is 42.6 Å². The Labute approximate surface area is 93.4 Å². The van der Waals surface area contributed by atoms with Crippen molar-refractivity contribution in [3.8, 4) is 0 Å². The van der Waals surface area contributed by atoms with E-state index in [0.29, 0.717) is 0 Å². The molecule has 1 heterocycles. The van der Waals surface area contributed by atoms with Gasteiger partial charge in [0.15, 0.2) is 0 Å². The number of hydrogen-bond donors (Lipinski definition) is 0. The fraction of sp³-hybridized carbons (Fsp3) is 0.0769. The summed E-state index contributed by atoms with van der Waals surface area (Å²) in [5.41, 5.74) is 1.82. The number of esters is 1. The van der Waals surface area contributed by atoms with Crippen molar-refractivity contribution in [1.82, 2.24) is 4.98 Å². The van der Waals surface area contributed by atoms with E-state index in [1.54, 1.807) is 12.3 Å². The van der Waals surface area contributed by atoms with Gasteiger partial charge in [-0.2, -0.15) is 0 Å². The Morgan fingerprint density at radius 3 is 3.00 bits per heavy atom. The van der Waals surface area contributed by atoms with Gasteiger partial charge >= 0.3 is 5.97 Å². The van der Waals surface area contributed by atoms with Crippen LogP contribution in [-0.2, 0) is 9.53 Å². The van der Waals surface area contributed by atoms with Crippen molar-refractivity contribution in [2.45, 2.75) is 0 Å². The predicted molar refractivity (Wildman–Crippen MR) is 62.8 cm³/mol. The average Bonchev–Trinajstić information content (AvgIpc) is 2.35. The highest BCUT2D eigenvalue weighted by atomic mass is 16.5. The molecule has 1 aromatic carbocycles. The summed E-state index contributed by atoms with van der Waals surface area (Å²) in [5, 5.41) is 1.05. The minimum Gasteiger partial charge on any atom is -0.466 e. The zero-order valence-corrected chi connectivity index (χ0v) is 8.88. The molecule has 0 fully saturated rings. The highest BCUT2D eigenvalue weighted by Gasteiger charge is 1.95. The summed E-state index contributed by atoms with van der Waals surface area (Å²) in [7, 11) is 1.35. The van der Waals surface area contributed by atoms with E-state index < -0.39 is 0 Å². The first-order chi connectivity index (χ1) is 7.79. The third-order valence-corrected chi connectivity index (χ3v) is 2.22. The third-order valence-electron chi connectivity index (χ3n) is 2.22. The summed E-state index contributed by atoms with van der Waals surface area (Å²) in [6.07, 6.45) is 4.79. The molecule has 0 aliphatic carbocycles. The molecule has 3 nitrogen and oxygen atoms in total. The summed E-state index contributed by atoms with van der Waals surface area (Å²) in [4.78, 5) is 15.2. The molecule has 0 saturated carbocycles. The van der Waals surface area contributed by atoms with Crippen LogP contribution in [0.5, 0.6) is 0 Å². The zero-order valence-electron chi connectivity index (χ0n) is 8.88. The van der Waals surface area contributed by atoms with Crippen LogP contribution in [0.2, 0.25) is 0 Å². The Morgan fingerprint density at radius 1 is 1.38 bits per heavy atom. The van der Waals surface area contributed by atoms with Gasteiger partial charge in [-0.1, -0.05) is 18.2 Å². The molecule has 0 bridgehead atoms. The van der Waals surface area contributed by atoms with Crippen LogP contribution < -0.4 is 0 Å². The van der Waals surface area contributed by atoms with Gasteiger partial charge in [-0.15, -0.1) is 0 Å². The Bertz CT molecular complexity index is 546. The molecule has 0 aliphatic rings. The molecule has 0 amide bonds. The second-order valence-electron chi connectivity index (χ2n) is 3.32. The lowest BCUT2D eigenvalue weighted by Gasteiger charge is -1.97. The number of methoxy groups -OCH3 is 1. The molecule has 0 saturated heterocycles. The van der Waals surface area contributed by atoms with Gasteiger partial charge in [0.1, 0.15) is 0 Å². The quantitative estimate of drug-likeness (QED) is 0.568. The average molecular weight is 213 g/mol. The Kier molecular flexibility index (Phi) is 2.96. The molecule has 2 rings (SSSR count). The van der Waals surface area contributed by atoms with Crippen molar-refractivity contribution in [3.05, 3.63) is 48.2 Å². The van der Waals surface area contributed by atoms with Crippen molar-refractivity contribution >= 4 is 22.9 Å². The van der Waals surface area contributed by atoms with Gasteiger partial charge in [0.25, 0.3) is 0 Å². The Balaban J connectivity index is 2.33. The fourth-order valence-corrected chi connectivity index (χ4v) is 1.41. The van der Waals surface area contributed by atoms with Crippen molar-refractivity contribution in [1.29, 1.82) is 0 Å². The van der Waals surface area contributed by atoms with Crippen molar-refractivity contribution in [2.75, 3.05) is 7.11 Å². The number of para-hydroxylation sites is 1. The molecular formula is C13H11NO2. The normalized spacial score (nSPS) is 10.8. The predicted octanol–water partition coefficient (Wildman–Crippen LogP) is 2.42. The molecule has 2 aromatic rings. The van der Waals surface area contributed by atoms with E-state index in [4.69, 9.17) is 0 Å². The zero-order chi connectivity index (χ0) is 11.4. The number of rotatable bonds is 2. The standard InChI is InChI=1S/C13H11NO2/c1-16-13(15)7-6-10-8-11-4-2-3-5-12(11)14-9-10/h2-9H,1H3/b7-6+. The molecular weight excluding hydrogens is 202 g/mol. The molecule has 16 heavy (non-hydrogen) atoms. The first kappa shape index (κ1) is 10.4. The van der Waals surface area contributed by atoms with Crippen molar-refractivity contribution in [2.24, 2.45) is 0 Å². The molecule has 3 heteroatoms. The van der Waals surface area contributed by atoms with Gasteiger partial charge in [0, 0.05) is 17.7 Å². The van der Waals surface area contributed by atoms with Crippen LogP contribution in [-0.4, -0.2) is 18.1 Å². The van der Waals surface area contributed by atoms with Gasteiger partial charge in [-0.05, 0) is 23.8 Å². The van der Waals surface area contributed by atoms with E-state index in [9.17, 15) is 4.79 Å². The lowest BCUT2D eigenvalue weighted by Crippen LogP contribution is -1.93. The van der Waals surface area contributed by atoms with Crippen LogP contribution >= 0.6 is 0 Å². The summed E-state index contributed by atoms with van der Waals surface area (Å²) < 4.78 is 4.51. The maximum Gasteiger partial charge on any atom is 0.330 e. The van der Waals surface area contributed by atoms with Crippen LogP contribution in [0.1, 0.15) is 5.56 Å². The van der Waals surface area contributed by atoms with Crippen molar-refractivity contribution < 1.29 is 9.53 Å². The first-order valence-electron chi connectivity index (χ1n) is 4.90. The van der Waals surface area contributed by atoms with E-state index in [1.165, 1.54) is 13.2 Å². The number of hydrogen-bond acceptors (Lipinski definition) is 3. The molecule has 0 radical (unpaired) electrons. The second kappa shape index (κ2) is 4.57. The minimum atomic E-state index is -0.367. The lowest BCUT2D eigenvalue weighted by molar-refractivity contribution is -0.134. The van der Waals surface area contributed by atoms with Gasteiger partial charge in [-0.3, -0.25) is 4.98 Å². The van der Waals surface area contributed by atoms with E-state index in [1.807, 2.05) is 30.3 Å². The number of pyridine rings is 1.